The van der Waals surface area contributed by atoms with E-state index < -0.39 is 11.7 Å². The Morgan fingerprint density at radius 1 is 1.10 bits per heavy atom. The van der Waals surface area contributed by atoms with Crippen molar-refractivity contribution in [2.24, 2.45) is 0 Å². The molecule has 4 aromatic heterocycles. The van der Waals surface area contributed by atoms with Gasteiger partial charge in [0.2, 0.25) is 0 Å². The van der Waals surface area contributed by atoms with Crippen LogP contribution in [0.25, 0.3) is 28.0 Å². The van der Waals surface area contributed by atoms with Gasteiger partial charge < -0.3 is 0 Å². The number of hydrogen-bond acceptors (Lipinski definition) is 5. The highest BCUT2D eigenvalue weighted by molar-refractivity contribution is 7.15. The molecule has 1 aromatic carbocycles. The fourth-order valence-corrected chi connectivity index (χ4v) is 4.09. The summed E-state index contributed by atoms with van der Waals surface area (Å²) < 4.78 is 16.7. The van der Waals surface area contributed by atoms with Crippen molar-refractivity contribution in [1.29, 1.82) is 0 Å². The van der Waals surface area contributed by atoms with Gasteiger partial charge in [-0.25, -0.2) is 14.4 Å². The van der Waals surface area contributed by atoms with E-state index in [2.05, 4.69) is 25.5 Å². The molecular weight excluding hydrogens is 415 g/mol. The molecule has 0 atom stereocenters. The van der Waals surface area contributed by atoms with Crippen molar-refractivity contribution >= 4 is 28.0 Å². The number of rotatable bonds is 4. The summed E-state index contributed by atoms with van der Waals surface area (Å²) in [6, 6.07) is 8.41. The molecule has 154 valence electrons. The van der Waals surface area contributed by atoms with Gasteiger partial charge in [-0.1, -0.05) is 6.07 Å². The van der Waals surface area contributed by atoms with Gasteiger partial charge in [0.05, 0.1) is 23.7 Å². The van der Waals surface area contributed by atoms with E-state index in [4.69, 9.17) is 0 Å². The van der Waals surface area contributed by atoms with Gasteiger partial charge in [0.1, 0.15) is 11.5 Å². The van der Waals surface area contributed by atoms with Crippen LogP contribution in [0.5, 0.6) is 0 Å². The summed E-state index contributed by atoms with van der Waals surface area (Å²) in [6.45, 7) is 3.84. The Bertz CT molecular complexity index is 1430. The smallest absolute Gasteiger partial charge is 0.260 e. The largest absolute Gasteiger partial charge is 0.299 e. The number of hydrogen-bond donors (Lipinski definition) is 2. The number of halogens is 1. The van der Waals surface area contributed by atoms with E-state index in [1.54, 1.807) is 24.7 Å². The number of aromatic nitrogens is 5. The van der Waals surface area contributed by atoms with Crippen molar-refractivity contribution in [1.82, 2.24) is 24.6 Å². The van der Waals surface area contributed by atoms with Gasteiger partial charge in [-0.05, 0) is 38.1 Å². The molecule has 2 N–H and O–H groups in total. The summed E-state index contributed by atoms with van der Waals surface area (Å²) in [6.07, 6.45) is 7.06. The number of fused-ring (bicyclic) bond motifs is 1. The minimum absolute atomic E-state index is 0.0415. The van der Waals surface area contributed by atoms with Crippen LogP contribution in [0.3, 0.4) is 0 Å². The topological polar surface area (TPSA) is 88.0 Å². The van der Waals surface area contributed by atoms with Crippen LogP contribution in [0.1, 0.15) is 20.9 Å². The number of H-pyrrole nitrogens is 1. The van der Waals surface area contributed by atoms with E-state index >= 15 is 0 Å². The zero-order valence-corrected chi connectivity index (χ0v) is 17.5. The first-order valence-electron chi connectivity index (χ1n) is 9.51. The fraction of sp³-hybridized carbons (Fsp3) is 0.0909. The molecule has 5 aromatic rings. The van der Waals surface area contributed by atoms with Crippen molar-refractivity contribution in [2.45, 2.75) is 13.8 Å². The Morgan fingerprint density at radius 3 is 2.65 bits per heavy atom. The minimum atomic E-state index is -0.611. The first-order chi connectivity index (χ1) is 15.0. The number of pyridine rings is 1. The molecule has 0 bridgehead atoms. The zero-order chi connectivity index (χ0) is 21.5. The van der Waals surface area contributed by atoms with Gasteiger partial charge in [-0.3, -0.25) is 19.6 Å². The van der Waals surface area contributed by atoms with Crippen LogP contribution in [0.4, 0.5) is 9.52 Å². The van der Waals surface area contributed by atoms with E-state index in [9.17, 15) is 9.18 Å². The third-order valence-electron chi connectivity index (χ3n) is 5.00. The summed E-state index contributed by atoms with van der Waals surface area (Å²) in [5.74, 6) is -1.14. The van der Waals surface area contributed by atoms with Crippen molar-refractivity contribution in [3.8, 4) is 22.4 Å². The molecule has 9 heteroatoms. The lowest BCUT2D eigenvalue weighted by molar-refractivity contribution is 0.102. The van der Waals surface area contributed by atoms with Crippen molar-refractivity contribution in [3.05, 3.63) is 77.1 Å². The lowest BCUT2D eigenvalue weighted by atomic mass is 10.1. The molecule has 0 fully saturated rings. The quantitative estimate of drug-likeness (QED) is 0.425. The molecule has 0 radical (unpaired) electrons. The highest BCUT2D eigenvalue weighted by atomic mass is 32.1. The summed E-state index contributed by atoms with van der Waals surface area (Å²) in [5, 5.41) is 10.1. The number of thiazole rings is 1. The van der Waals surface area contributed by atoms with Crippen molar-refractivity contribution in [2.75, 3.05) is 5.32 Å². The number of aryl methyl sites for hydroxylation is 2. The number of imidazole rings is 1. The first kappa shape index (κ1) is 19.1. The summed E-state index contributed by atoms with van der Waals surface area (Å²) in [4.78, 5) is 21.9. The van der Waals surface area contributed by atoms with Gasteiger partial charge >= 0.3 is 0 Å². The van der Waals surface area contributed by atoms with Crippen LogP contribution < -0.4 is 5.32 Å². The molecule has 0 aliphatic heterocycles. The molecule has 31 heavy (non-hydrogen) atoms. The van der Waals surface area contributed by atoms with Crippen molar-refractivity contribution in [3.63, 3.8) is 0 Å². The van der Waals surface area contributed by atoms with Crippen LogP contribution in [0, 0.1) is 19.7 Å². The Morgan fingerprint density at radius 2 is 1.94 bits per heavy atom. The predicted octanol–water partition coefficient (Wildman–Crippen LogP) is 4.86. The maximum atomic E-state index is 14.8. The normalized spacial score (nSPS) is 11.2. The lowest BCUT2D eigenvalue weighted by Gasteiger charge is -2.08. The number of anilines is 1. The average molecular weight is 432 g/mol. The number of aromatic amines is 1. The number of carbonyl (C=O) groups excluding carboxylic acids is 1. The first-order valence-corrected chi connectivity index (χ1v) is 10.3. The Balaban J connectivity index is 1.49. The van der Waals surface area contributed by atoms with Crippen LogP contribution in [0.15, 0.2) is 55.1 Å². The second-order valence-electron chi connectivity index (χ2n) is 7.12. The standard InChI is InChI=1S/C22H17FN6OS/c1-12-8-25-22(31-12)27-21(30)16-5-3-14(7-18(16)23)19-10-24-20-6-4-15(11-29(19)20)17-9-26-28-13(17)2/h3-11H,1-2H3,(H,26,28)(H,25,27,30). The number of carbonyl (C=O) groups is 1. The van der Waals surface area contributed by atoms with E-state index in [1.165, 1.54) is 23.5 Å². The Hall–Kier alpha value is -3.85. The summed E-state index contributed by atoms with van der Waals surface area (Å²) >= 11 is 1.34. The van der Waals surface area contributed by atoms with Gasteiger partial charge in [0.15, 0.2) is 5.13 Å². The van der Waals surface area contributed by atoms with Crippen LogP contribution in [-0.4, -0.2) is 30.5 Å². The van der Waals surface area contributed by atoms with Crippen LogP contribution in [-0.2, 0) is 0 Å². The monoisotopic (exact) mass is 432 g/mol. The second-order valence-corrected chi connectivity index (χ2v) is 8.36. The number of amides is 1. The van der Waals surface area contributed by atoms with Gasteiger partial charge in [0, 0.05) is 39.7 Å². The predicted molar refractivity (Wildman–Crippen MR) is 118 cm³/mol. The zero-order valence-electron chi connectivity index (χ0n) is 16.7. The van der Waals surface area contributed by atoms with E-state index in [1.807, 2.05) is 36.6 Å². The lowest BCUT2D eigenvalue weighted by Crippen LogP contribution is -2.13. The SMILES string of the molecule is Cc1cnc(NC(=O)c2ccc(-c3cnc4ccc(-c5cn[nH]c5C)cn34)cc2F)s1. The number of nitrogens with zero attached hydrogens (tertiary/aromatic N) is 4. The summed E-state index contributed by atoms with van der Waals surface area (Å²) in [5.41, 5.74) is 4.94. The fourth-order valence-electron chi connectivity index (χ4n) is 3.43. The van der Waals surface area contributed by atoms with Gasteiger partial charge in [0.25, 0.3) is 5.91 Å². The number of nitrogens with one attached hydrogen (secondary N) is 2. The van der Waals surface area contributed by atoms with Crippen LogP contribution in [0.2, 0.25) is 0 Å². The van der Waals surface area contributed by atoms with Crippen LogP contribution >= 0.6 is 11.3 Å². The maximum Gasteiger partial charge on any atom is 0.260 e. The summed E-state index contributed by atoms with van der Waals surface area (Å²) in [7, 11) is 0. The Labute approximate surface area is 180 Å². The van der Waals surface area contributed by atoms with E-state index in [-0.39, 0.29) is 5.56 Å². The number of benzene rings is 1. The molecule has 0 unspecified atom stereocenters. The van der Waals surface area contributed by atoms with E-state index in [0.29, 0.717) is 10.7 Å². The second kappa shape index (κ2) is 7.44. The highest BCUT2D eigenvalue weighted by Gasteiger charge is 2.16. The minimum Gasteiger partial charge on any atom is -0.299 e. The molecule has 4 heterocycles. The molecule has 0 saturated heterocycles. The molecule has 0 spiro atoms. The van der Waals surface area contributed by atoms with Gasteiger partial charge in [-0.15, -0.1) is 11.3 Å². The van der Waals surface area contributed by atoms with Crippen molar-refractivity contribution < 1.29 is 9.18 Å². The molecule has 0 aliphatic rings. The third-order valence-corrected chi connectivity index (χ3v) is 5.83. The average Bonchev–Trinajstić information content (AvgIpc) is 3.47. The Kier molecular flexibility index (Phi) is 4.59. The van der Waals surface area contributed by atoms with E-state index in [0.717, 1.165) is 33.0 Å². The van der Waals surface area contributed by atoms with Gasteiger partial charge in [-0.2, -0.15) is 5.10 Å². The third kappa shape index (κ3) is 3.49. The molecule has 7 nitrogen and oxygen atoms in total. The molecule has 1 amide bonds. The highest BCUT2D eigenvalue weighted by Crippen LogP contribution is 2.27. The molecular formula is C22H17FN6OS. The molecule has 0 saturated carbocycles. The molecule has 0 aliphatic carbocycles. The maximum absolute atomic E-state index is 14.8. The molecule has 5 rings (SSSR count).